The normalized spacial score (nSPS) is 12.6. The van der Waals surface area contributed by atoms with Gasteiger partial charge in [-0.25, -0.2) is 9.37 Å². The van der Waals surface area contributed by atoms with Crippen molar-refractivity contribution in [2.75, 3.05) is 7.11 Å². The fourth-order valence-electron chi connectivity index (χ4n) is 1.84. The predicted molar refractivity (Wildman–Crippen MR) is 63.2 cm³/mol. The zero-order valence-corrected chi connectivity index (χ0v) is 9.93. The van der Waals surface area contributed by atoms with Crippen LogP contribution < -0.4 is 0 Å². The molecule has 4 heteroatoms. The first-order valence-corrected chi connectivity index (χ1v) is 5.47. The smallest absolute Gasteiger partial charge is 0.123 e. The Hall–Kier alpha value is -1.68. The molecule has 90 valence electrons. The Morgan fingerprint density at radius 2 is 2.06 bits per heavy atom. The lowest BCUT2D eigenvalue weighted by atomic mass is 10.1. The molecule has 0 aliphatic carbocycles. The van der Waals surface area contributed by atoms with E-state index in [0.29, 0.717) is 6.61 Å². The van der Waals surface area contributed by atoms with Gasteiger partial charge in [0.05, 0.1) is 30.9 Å². The lowest BCUT2D eigenvalue weighted by Gasteiger charge is -2.16. The number of imidazole rings is 1. The van der Waals surface area contributed by atoms with E-state index in [2.05, 4.69) is 4.98 Å². The summed E-state index contributed by atoms with van der Waals surface area (Å²) in [4.78, 5) is 4.11. The largest absolute Gasteiger partial charge is 0.378 e. The van der Waals surface area contributed by atoms with Crippen LogP contribution in [-0.4, -0.2) is 16.7 Å². The lowest BCUT2D eigenvalue weighted by molar-refractivity contribution is 0.177. The van der Waals surface area contributed by atoms with Crippen LogP contribution in [0.25, 0.3) is 0 Å². The first kappa shape index (κ1) is 11.8. The average molecular weight is 234 g/mol. The minimum Gasteiger partial charge on any atom is -0.378 e. The van der Waals surface area contributed by atoms with Crippen LogP contribution in [0.4, 0.5) is 4.39 Å². The molecule has 1 aromatic carbocycles. The SMILES string of the molecule is COCc1cncn1C(C)c1ccc(F)cc1. The molecule has 1 unspecified atom stereocenters. The van der Waals surface area contributed by atoms with Crippen molar-refractivity contribution in [3.8, 4) is 0 Å². The van der Waals surface area contributed by atoms with Crippen LogP contribution in [-0.2, 0) is 11.3 Å². The van der Waals surface area contributed by atoms with E-state index in [-0.39, 0.29) is 11.9 Å². The summed E-state index contributed by atoms with van der Waals surface area (Å²) in [6.07, 6.45) is 3.55. The fraction of sp³-hybridized carbons (Fsp3) is 0.308. The van der Waals surface area contributed by atoms with E-state index in [1.807, 2.05) is 11.5 Å². The molecule has 0 N–H and O–H groups in total. The average Bonchev–Trinajstić information content (AvgIpc) is 2.78. The van der Waals surface area contributed by atoms with E-state index in [0.717, 1.165) is 11.3 Å². The van der Waals surface area contributed by atoms with Gasteiger partial charge in [0.2, 0.25) is 0 Å². The van der Waals surface area contributed by atoms with Crippen molar-refractivity contribution in [1.82, 2.24) is 9.55 Å². The number of halogens is 1. The zero-order chi connectivity index (χ0) is 12.3. The van der Waals surface area contributed by atoms with E-state index in [1.54, 1.807) is 31.8 Å². The van der Waals surface area contributed by atoms with Crippen molar-refractivity contribution < 1.29 is 9.13 Å². The predicted octanol–water partition coefficient (Wildman–Crippen LogP) is 2.78. The van der Waals surface area contributed by atoms with Crippen molar-refractivity contribution in [1.29, 1.82) is 0 Å². The molecular formula is C13H15FN2O. The molecule has 17 heavy (non-hydrogen) atoms. The third-order valence-electron chi connectivity index (χ3n) is 2.81. The maximum atomic E-state index is 12.9. The van der Waals surface area contributed by atoms with Gasteiger partial charge in [0.1, 0.15) is 5.82 Å². The number of aromatic nitrogens is 2. The summed E-state index contributed by atoms with van der Waals surface area (Å²) in [5.74, 6) is -0.219. The topological polar surface area (TPSA) is 27.1 Å². The van der Waals surface area contributed by atoms with E-state index < -0.39 is 0 Å². The van der Waals surface area contributed by atoms with E-state index in [9.17, 15) is 4.39 Å². The summed E-state index contributed by atoms with van der Waals surface area (Å²) in [6.45, 7) is 2.57. The summed E-state index contributed by atoms with van der Waals surface area (Å²) in [7, 11) is 1.65. The van der Waals surface area contributed by atoms with Crippen molar-refractivity contribution in [2.24, 2.45) is 0 Å². The van der Waals surface area contributed by atoms with Gasteiger partial charge in [-0.1, -0.05) is 12.1 Å². The summed E-state index contributed by atoms with van der Waals surface area (Å²) >= 11 is 0. The van der Waals surface area contributed by atoms with E-state index in [1.165, 1.54) is 12.1 Å². The molecule has 1 heterocycles. The third-order valence-corrected chi connectivity index (χ3v) is 2.81. The Kier molecular flexibility index (Phi) is 3.54. The molecule has 2 aromatic rings. The highest BCUT2D eigenvalue weighted by Crippen LogP contribution is 2.20. The molecule has 0 radical (unpaired) electrons. The Balaban J connectivity index is 2.26. The molecule has 2 rings (SSSR count). The second-order valence-electron chi connectivity index (χ2n) is 3.95. The molecule has 0 aliphatic rings. The van der Waals surface area contributed by atoms with Gasteiger partial charge < -0.3 is 9.30 Å². The van der Waals surface area contributed by atoms with Gasteiger partial charge in [-0.3, -0.25) is 0 Å². The Labute approximate surface area is 99.9 Å². The number of benzene rings is 1. The van der Waals surface area contributed by atoms with Crippen LogP contribution >= 0.6 is 0 Å². The van der Waals surface area contributed by atoms with Gasteiger partial charge >= 0.3 is 0 Å². The molecule has 0 fully saturated rings. The van der Waals surface area contributed by atoms with Gasteiger partial charge in [0.25, 0.3) is 0 Å². The van der Waals surface area contributed by atoms with E-state index >= 15 is 0 Å². The minimum atomic E-state index is -0.219. The molecule has 1 aromatic heterocycles. The zero-order valence-electron chi connectivity index (χ0n) is 9.93. The summed E-state index contributed by atoms with van der Waals surface area (Å²) < 4.78 is 20.0. The number of hydrogen-bond acceptors (Lipinski definition) is 2. The highest BCUT2D eigenvalue weighted by Gasteiger charge is 2.11. The summed E-state index contributed by atoms with van der Waals surface area (Å²) in [5.41, 5.74) is 2.05. The molecular weight excluding hydrogens is 219 g/mol. The number of ether oxygens (including phenoxy) is 1. The monoisotopic (exact) mass is 234 g/mol. The Bertz CT molecular complexity index is 478. The minimum absolute atomic E-state index is 0.114. The van der Waals surface area contributed by atoms with Crippen LogP contribution in [0.2, 0.25) is 0 Å². The maximum Gasteiger partial charge on any atom is 0.123 e. The molecule has 0 bridgehead atoms. The van der Waals surface area contributed by atoms with E-state index in [4.69, 9.17) is 4.74 Å². The number of rotatable bonds is 4. The molecule has 0 saturated carbocycles. The van der Waals surface area contributed by atoms with Crippen molar-refractivity contribution in [3.05, 3.63) is 53.9 Å². The Morgan fingerprint density at radius 3 is 2.71 bits per heavy atom. The number of hydrogen-bond donors (Lipinski definition) is 0. The molecule has 0 aliphatic heterocycles. The lowest BCUT2D eigenvalue weighted by Crippen LogP contribution is -2.09. The number of nitrogens with zero attached hydrogens (tertiary/aromatic N) is 2. The first-order valence-electron chi connectivity index (χ1n) is 5.47. The standard InChI is InChI=1S/C13H15FN2O/c1-10(11-3-5-12(14)6-4-11)16-9-15-7-13(16)8-17-2/h3-7,9-10H,8H2,1-2H3. The molecule has 0 spiro atoms. The van der Waals surface area contributed by atoms with Crippen LogP contribution in [0.3, 0.4) is 0 Å². The third kappa shape index (κ3) is 2.53. The summed E-state index contributed by atoms with van der Waals surface area (Å²) in [6, 6.07) is 6.63. The maximum absolute atomic E-state index is 12.9. The van der Waals surface area contributed by atoms with Crippen molar-refractivity contribution in [2.45, 2.75) is 19.6 Å². The van der Waals surface area contributed by atoms with Gasteiger partial charge in [-0.15, -0.1) is 0 Å². The molecule has 0 amide bonds. The van der Waals surface area contributed by atoms with Crippen molar-refractivity contribution >= 4 is 0 Å². The molecule has 1 atom stereocenters. The van der Waals surface area contributed by atoms with Crippen LogP contribution in [0, 0.1) is 5.82 Å². The highest BCUT2D eigenvalue weighted by atomic mass is 19.1. The second kappa shape index (κ2) is 5.10. The van der Waals surface area contributed by atoms with Gasteiger partial charge in [0, 0.05) is 7.11 Å². The first-order chi connectivity index (χ1) is 8.22. The van der Waals surface area contributed by atoms with Crippen LogP contribution in [0.1, 0.15) is 24.2 Å². The van der Waals surface area contributed by atoms with Crippen LogP contribution in [0.15, 0.2) is 36.8 Å². The van der Waals surface area contributed by atoms with Crippen molar-refractivity contribution in [3.63, 3.8) is 0 Å². The van der Waals surface area contributed by atoms with Gasteiger partial charge in [-0.05, 0) is 24.6 Å². The van der Waals surface area contributed by atoms with Gasteiger partial charge in [0.15, 0.2) is 0 Å². The summed E-state index contributed by atoms with van der Waals surface area (Å²) in [5, 5.41) is 0. The quantitative estimate of drug-likeness (QED) is 0.813. The van der Waals surface area contributed by atoms with Crippen LogP contribution in [0.5, 0.6) is 0 Å². The second-order valence-corrected chi connectivity index (χ2v) is 3.95. The fourth-order valence-corrected chi connectivity index (χ4v) is 1.84. The highest BCUT2D eigenvalue weighted by molar-refractivity contribution is 5.21. The Morgan fingerprint density at radius 1 is 1.35 bits per heavy atom. The number of methoxy groups -OCH3 is 1. The van der Waals surface area contributed by atoms with Gasteiger partial charge in [-0.2, -0.15) is 0 Å². The molecule has 3 nitrogen and oxygen atoms in total. The molecule has 0 saturated heterocycles.